The summed E-state index contributed by atoms with van der Waals surface area (Å²) in [4.78, 5) is 7.63. The van der Waals surface area contributed by atoms with E-state index in [0.717, 1.165) is 28.2 Å². The molecule has 1 atom stereocenters. The quantitative estimate of drug-likeness (QED) is 0.456. The van der Waals surface area contributed by atoms with E-state index < -0.39 is 10.1 Å². The summed E-state index contributed by atoms with van der Waals surface area (Å²) < 4.78 is 47.6. The SMILES string of the molecule is COc1ccc(C(C)c2nc3ccc(F)cc3[nH]2)cc1.O=S(=O)(O)c1ccccc1. The summed E-state index contributed by atoms with van der Waals surface area (Å²) in [6.07, 6.45) is 0. The second kappa shape index (κ2) is 9.06. The van der Waals surface area contributed by atoms with E-state index in [1.807, 2.05) is 24.3 Å². The van der Waals surface area contributed by atoms with Crippen molar-refractivity contribution in [2.45, 2.75) is 17.7 Å². The molecular formula is C22H21FN2O4S. The van der Waals surface area contributed by atoms with Crippen molar-refractivity contribution in [2.75, 3.05) is 7.11 Å². The highest BCUT2D eigenvalue weighted by Crippen LogP contribution is 2.26. The van der Waals surface area contributed by atoms with Gasteiger partial charge in [0, 0.05) is 5.92 Å². The first-order valence-corrected chi connectivity index (χ1v) is 10.5. The largest absolute Gasteiger partial charge is 0.497 e. The third-order valence-corrected chi connectivity index (χ3v) is 5.40. The van der Waals surface area contributed by atoms with Gasteiger partial charge in [-0.3, -0.25) is 4.55 Å². The highest BCUT2D eigenvalue weighted by atomic mass is 32.2. The van der Waals surface area contributed by atoms with Crippen molar-refractivity contribution >= 4 is 21.2 Å². The second-order valence-electron chi connectivity index (χ2n) is 6.57. The highest BCUT2D eigenvalue weighted by Gasteiger charge is 2.13. The third kappa shape index (κ3) is 5.22. The van der Waals surface area contributed by atoms with Crippen LogP contribution in [0.5, 0.6) is 5.75 Å². The molecule has 4 rings (SSSR count). The first-order valence-electron chi connectivity index (χ1n) is 9.09. The van der Waals surface area contributed by atoms with Gasteiger partial charge in [0.2, 0.25) is 0 Å². The molecule has 4 aromatic rings. The molecule has 0 amide bonds. The molecule has 6 nitrogen and oxygen atoms in total. The molecule has 8 heteroatoms. The van der Waals surface area contributed by atoms with Crippen LogP contribution in [0.3, 0.4) is 0 Å². The zero-order valence-corrected chi connectivity index (χ0v) is 17.2. The van der Waals surface area contributed by atoms with Crippen LogP contribution in [0, 0.1) is 5.82 Å². The molecule has 1 heterocycles. The smallest absolute Gasteiger partial charge is 0.294 e. The molecule has 0 saturated heterocycles. The summed E-state index contributed by atoms with van der Waals surface area (Å²) >= 11 is 0. The Balaban J connectivity index is 0.000000216. The van der Waals surface area contributed by atoms with Gasteiger partial charge >= 0.3 is 0 Å². The van der Waals surface area contributed by atoms with E-state index in [1.54, 1.807) is 31.4 Å². The monoisotopic (exact) mass is 428 g/mol. The lowest BCUT2D eigenvalue weighted by molar-refractivity contribution is 0.414. The minimum absolute atomic E-state index is 0.0741. The minimum atomic E-state index is -4.00. The van der Waals surface area contributed by atoms with Crippen LogP contribution in [-0.2, 0) is 10.1 Å². The van der Waals surface area contributed by atoms with Crippen molar-refractivity contribution < 1.29 is 22.1 Å². The van der Waals surface area contributed by atoms with Gasteiger partial charge in [-0.05, 0) is 48.0 Å². The van der Waals surface area contributed by atoms with E-state index in [-0.39, 0.29) is 16.6 Å². The maximum Gasteiger partial charge on any atom is 0.294 e. The molecule has 2 N–H and O–H groups in total. The lowest BCUT2D eigenvalue weighted by Crippen LogP contribution is -1.98. The van der Waals surface area contributed by atoms with Crippen LogP contribution >= 0.6 is 0 Å². The molecule has 0 aliphatic carbocycles. The van der Waals surface area contributed by atoms with E-state index >= 15 is 0 Å². The minimum Gasteiger partial charge on any atom is -0.497 e. The molecule has 0 bridgehead atoms. The fourth-order valence-corrected chi connectivity index (χ4v) is 3.35. The summed E-state index contributed by atoms with van der Waals surface area (Å²) in [5, 5.41) is 0. The summed E-state index contributed by atoms with van der Waals surface area (Å²) in [6.45, 7) is 2.07. The number of ether oxygens (including phenoxy) is 1. The first-order chi connectivity index (χ1) is 14.3. The number of benzene rings is 3. The molecule has 3 aromatic carbocycles. The van der Waals surface area contributed by atoms with Crippen LogP contribution in [0.1, 0.15) is 24.2 Å². The Hall–Kier alpha value is -3.23. The van der Waals surface area contributed by atoms with Crippen LogP contribution in [-0.4, -0.2) is 30.0 Å². The van der Waals surface area contributed by atoms with Crippen molar-refractivity contribution in [3.63, 3.8) is 0 Å². The fraction of sp³-hybridized carbons (Fsp3) is 0.136. The van der Waals surface area contributed by atoms with E-state index in [9.17, 15) is 12.8 Å². The summed E-state index contributed by atoms with van der Waals surface area (Å²) in [6, 6.07) is 19.9. The van der Waals surface area contributed by atoms with E-state index in [2.05, 4.69) is 16.9 Å². The van der Waals surface area contributed by atoms with Crippen molar-refractivity contribution in [1.82, 2.24) is 9.97 Å². The predicted octanol–water partition coefficient (Wildman–Crippen LogP) is 4.80. The molecule has 156 valence electrons. The highest BCUT2D eigenvalue weighted by molar-refractivity contribution is 7.85. The second-order valence-corrected chi connectivity index (χ2v) is 7.99. The number of aromatic amines is 1. The number of methoxy groups -OCH3 is 1. The Kier molecular flexibility index (Phi) is 6.49. The van der Waals surface area contributed by atoms with Crippen molar-refractivity contribution in [1.29, 1.82) is 0 Å². The number of H-pyrrole nitrogens is 1. The molecule has 1 unspecified atom stereocenters. The molecule has 0 aliphatic heterocycles. The lowest BCUT2D eigenvalue weighted by atomic mass is 10.0. The first kappa shape index (κ1) is 21.5. The molecule has 30 heavy (non-hydrogen) atoms. The van der Waals surface area contributed by atoms with Gasteiger partial charge in [0.1, 0.15) is 17.4 Å². The molecule has 1 aromatic heterocycles. The number of hydrogen-bond acceptors (Lipinski definition) is 4. The Bertz CT molecular complexity index is 1220. The van der Waals surface area contributed by atoms with Crippen LogP contribution in [0.4, 0.5) is 4.39 Å². The molecule has 0 spiro atoms. The Labute approximate surface area is 174 Å². The van der Waals surface area contributed by atoms with Gasteiger partial charge in [-0.2, -0.15) is 8.42 Å². The summed E-state index contributed by atoms with van der Waals surface area (Å²) in [5.41, 5.74) is 2.63. The Morgan fingerprint density at radius 3 is 2.27 bits per heavy atom. The summed E-state index contributed by atoms with van der Waals surface area (Å²) in [7, 11) is -2.36. The van der Waals surface area contributed by atoms with Crippen LogP contribution in [0.2, 0.25) is 0 Å². The number of imidazole rings is 1. The maximum atomic E-state index is 13.2. The Morgan fingerprint density at radius 1 is 1.03 bits per heavy atom. The molecule has 0 radical (unpaired) electrons. The molecule has 0 saturated carbocycles. The number of aromatic nitrogens is 2. The van der Waals surface area contributed by atoms with Gasteiger partial charge in [-0.15, -0.1) is 0 Å². The third-order valence-electron chi connectivity index (χ3n) is 4.53. The summed E-state index contributed by atoms with van der Waals surface area (Å²) in [5.74, 6) is 1.50. The van der Waals surface area contributed by atoms with Crippen molar-refractivity contribution in [3.8, 4) is 5.75 Å². The average Bonchev–Trinajstić information content (AvgIpc) is 3.17. The van der Waals surface area contributed by atoms with Gasteiger partial charge in [0.15, 0.2) is 0 Å². The Morgan fingerprint density at radius 2 is 1.70 bits per heavy atom. The van der Waals surface area contributed by atoms with Crippen LogP contribution in [0.15, 0.2) is 77.7 Å². The van der Waals surface area contributed by atoms with E-state index in [1.165, 1.54) is 24.3 Å². The van der Waals surface area contributed by atoms with Crippen molar-refractivity contribution in [3.05, 3.63) is 90.0 Å². The van der Waals surface area contributed by atoms with E-state index in [0.29, 0.717) is 0 Å². The zero-order chi connectivity index (χ0) is 21.7. The van der Waals surface area contributed by atoms with Crippen LogP contribution in [0.25, 0.3) is 11.0 Å². The van der Waals surface area contributed by atoms with Gasteiger partial charge in [-0.1, -0.05) is 37.3 Å². The number of hydrogen-bond donors (Lipinski definition) is 2. The van der Waals surface area contributed by atoms with Crippen LogP contribution < -0.4 is 4.74 Å². The zero-order valence-electron chi connectivity index (χ0n) is 16.4. The molecule has 0 fully saturated rings. The molecular weight excluding hydrogens is 407 g/mol. The topological polar surface area (TPSA) is 92.3 Å². The van der Waals surface area contributed by atoms with Gasteiger partial charge in [-0.25, -0.2) is 9.37 Å². The number of halogens is 1. The number of rotatable bonds is 4. The fourth-order valence-electron chi connectivity index (χ4n) is 2.85. The number of nitrogens with zero attached hydrogens (tertiary/aromatic N) is 1. The van der Waals surface area contributed by atoms with Crippen molar-refractivity contribution in [2.24, 2.45) is 0 Å². The number of fused-ring (bicyclic) bond motifs is 1. The average molecular weight is 428 g/mol. The lowest BCUT2D eigenvalue weighted by Gasteiger charge is -2.09. The van der Waals surface area contributed by atoms with E-state index in [4.69, 9.17) is 9.29 Å². The molecule has 0 aliphatic rings. The maximum absolute atomic E-state index is 13.2. The van der Waals surface area contributed by atoms with Gasteiger partial charge in [0.05, 0.1) is 23.0 Å². The van der Waals surface area contributed by atoms with Gasteiger partial charge in [0.25, 0.3) is 10.1 Å². The normalized spacial score (nSPS) is 12.1. The number of nitrogens with one attached hydrogen (secondary N) is 1. The predicted molar refractivity (Wildman–Crippen MR) is 113 cm³/mol. The van der Waals surface area contributed by atoms with Gasteiger partial charge < -0.3 is 9.72 Å². The standard InChI is InChI=1S/C16H15FN2O.C6H6O3S/c1-10(11-3-6-13(20-2)7-4-11)16-18-14-8-5-12(17)9-15(14)19-16;7-10(8,9)6-4-2-1-3-5-6/h3-10H,1-2H3,(H,18,19);1-5H,(H,7,8,9).